The average molecular weight is 443 g/mol. The van der Waals surface area contributed by atoms with Gasteiger partial charge in [0.15, 0.2) is 0 Å². The van der Waals surface area contributed by atoms with Gasteiger partial charge < -0.3 is 9.47 Å². The monoisotopic (exact) mass is 442 g/mol. The molecule has 0 aliphatic heterocycles. The maximum atomic E-state index is 13.6. The Bertz CT molecular complexity index is 915. The molecular weight excluding hydrogens is 412 g/mol. The third kappa shape index (κ3) is 7.12. The van der Waals surface area contributed by atoms with E-state index in [1.807, 2.05) is 48.5 Å². The fourth-order valence-electron chi connectivity index (χ4n) is 3.29. The Morgan fingerprint density at radius 2 is 1.45 bits per heavy atom. The molecule has 0 fully saturated rings. The maximum Gasteiger partial charge on any atom is 0.217 e. The number of methoxy groups -OCH3 is 2. The molecule has 6 nitrogen and oxygen atoms in total. The van der Waals surface area contributed by atoms with Crippen LogP contribution >= 0.6 is 0 Å². The van der Waals surface area contributed by atoms with Crippen molar-refractivity contribution in [3.8, 4) is 17.6 Å². The number of sulfonamides is 1. The van der Waals surface area contributed by atoms with E-state index in [4.69, 9.17) is 14.7 Å². The second-order valence-corrected chi connectivity index (χ2v) is 9.41. The summed E-state index contributed by atoms with van der Waals surface area (Å²) in [4.78, 5) is 0. The molecular formula is C24H30N2O4S. The Morgan fingerprint density at radius 3 is 1.84 bits per heavy atom. The Kier molecular flexibility index (Phi) is 9.57. The predicted molar refractivity (Wildman–Crippen MR) is 122 cm³/mol. The van der Waals surface area contributed by atoms with Crippen molar-refractivity contribution < 1.29 is 17.9 Å². The van der Waals surface area contributed by atoms with Crippen LogP contribution in [0.1, 0.15) is 36.8 Å². The number of nitrogens with zero attached hydrogens (tertiary/aromatic N) is 2. The highest BCUT2D eigenvalue weighted by atomic mass is 32.2. The molecule has 2 rings (SSSR count). The molecule has 0 aliphatic rings. The van der Waals surface area contributed by atoms with Gasteiger partial charge in [0.1, 0.15) is 11.5 Å². The minimum absolute atomic E-state index is 0.194. The van der Waals surface area contributed by atoms with Crippen molar-refractivity contribution in [2.75, 3.05) is 14.2 Å². The van der Waals surface area contributed by atoms with Crippen molar-refractivity contribution >= 4 is 10.0 Å². The quantitative estimate of drug-likeness (QED) is 0.421. The summed E-state index contributed by atoms with van der Waals surface area (Å²) in [6.45, 7) is 4.17. The standard InChI is InChI=1S/C24H30N2O4S/c1-4-5-7-24(8-6-17-25)31(27,28)26(18-20-9-13-22(29-2)14-10-20)19-21-11-15-23(30-3)16-12-21/h4,9-16,24H,1,5-8,18-19H2,2-3H3. The molecule has 0 aliphatic carbocycles. The summed E-state index contributed by atoms with van der Waals surface area (Å²) in [7, 11) is -0.479. The van der Waals surface area contributed by atoms with Crippen LogP contribution in [0.5, 0.6) is 11.5 Å². The minimum atomic E-state index is -3.66. The molecule has 166 valence electrons. The van der Waals surface area contributed by atoms with E-state index in [0.717, 1.165) is 11.1 Å². The van der Waals surface area contributed by atoms with Crippen LogP contribution in [-0.2, 0) is 23.1 Å². The first-order valence-corrected chi connectivity index (χ1v) is 11.7. The third-order valence-electron chi connectivity index (χ3n) is 5.09. The summed E-state index contributed by atoms with van der Waals surface area (Å²) < 4.78 is 39.2. The van der Waals surface area contributed by atoms with Gasteiger partial charge in [-0.25, -0.2) is 8.42 Å². The van der Waals surface area contributed by atoms with Crippen molar-refractivity contribution in [3.05, 3.63) is 72.3 Å². The molecule has 0 amide bonds. The largest absolute Gasteiger partial charge is 0.497 e. The first-order chi connectivity index (χ1) is 14.9. The van der Waals surface area contributed by atoms with Gasteiger partial charge in [-0.3, -0.25) is 0 Å². The lowest BCUT2D eigenvalue weighted by Gasteiger charge is -2.27. The van der Waals surface area contributed by atoms with Crippen LogP contribution in [0.15, 0.2) is 61.2 Å². The number of ether oxygens (including phenoxy) is 2. The van der Waals surface area contributed by atoms with E-state index in [2.05, 4.69) is 12.6 Å². The van der Waals surface area contributed by atoms with Crippen LogP contribution < -0.4 is 9.47 Å². The van der Waals surface area contributed by atoms with E-state index >= 15 is 0 Å². The van der Waals surface area contributed by atoms with Crippen molar-refractivity contribution in [2.24, 2.45) is 0 Å². The van der Waals surface area contributed by atoms with E-state index in [1.54, 1.807) is 20.3 Å². The smallest absolute Gasteiger partial charge is 0.217 e. The maximum absolute atomic E-state index is 13.6. The number of hydrogen-bond acceptors (Lipinski definition) is 5. The predicted octanol–water partition coefficient (Wildman–Crippen LogP) is 4.67. The molecule has 2 aromatic carbocycles. The van der Waals surface area contributed by atoms with Crippen molar-refractivity contribution in [1.82, 2.24) is 4.31 Å². The molecule has 1 unspecified atom stereocenters. The summed E-state index contributed by atoms with van der Waals surface area (Å²) in [6, 6.07) is 16.8. The van der Waals surface area contributed by atoms with Gasteiger partial charge in [-0.1, -0.05) is 30.3 Å². The molecule has 2 aromatic rings. The van der Waals surface area contributed by atoms with E-state index in [9.17, 15) is 8.42 Å². The van der Waals surface area contributed by atoms with Gasteiger partial charge in [-0.05, 0) is 54.7 Å². The summed E-state index contributed by atoms with van der Waals surface area (Å²) >= 11 is 0. The lowest BCUT2D eigenvalue weighted by molar-refractivity contribution is 0.387. The molecule has 0 heterocycles. The van der Waals surface area contributed by atoms with E-state index < -0.39 is 15.3 Å². The first-order valence-electron chi connectivity index (χ1n) is 10.2. The minimum Gasteiger partial charge on any atom is -0.497 e. The molecule has 0 bridgehead atoms. The molecule has 7 heteroatoms. The molecule has 1 atom stereocenters. The summed E-state index contributed by atoms with van der Waals surface area (Å²) in [5, 5.41) is 8.37. The third-order valence-corrected chi connectivity index (χ3v) is 7.38. The van der Waals surface area contributed by atoms with Gasteiger partial charge in [0.05, 0.1) is 25.5 Å². The molecule has 0 N–H and O–H groups in total. The van der Waals surface area contributed by atoms with Gasteiger partial charge in [-0.15, -0.1) is 6.58 Å². The summed E-state index contributed by atoms with van der Waals surface area (Å²) in [6.07, 6.45) is 3.23. The highest BCUT2D eigenvalue weighted by Gasteiger charge is 2.31. The van der Waals surface area contributed by atoms with Gasteiger partial charge in [-0.2, -0.15) is 9.57 Å². The fourth-order valence-corrected chi connectivity index (χ4v) is 5.22. The number of benzene rings is 2. The van der Waals surface area contributed by atoms with Gasteiger partial charge >= 0.3 is 0 Å². The summed E-state index contributed by atoms with van der Waals surface area (Å²) in [5.74, 6) is 1.43. The van der Waals surface area contributed by atoms with Crippen molar-refractivity contribution in [2.45, 2.75) is 44.0 Å². The lowest BCUT2D eigenvalue weighted by atomic mass is 10.1. The average Bonchev–Trinajstić information content (AvgIpc) is 2.79. The van der Waals surface area contributed by atoms with E-state index in [-0.39, 0.29) is 19.5 Å². The van der Waals surface area contributed by atoms with E-state index in [0.29, 0.717) is 30.8 Å². The van der Waals surface area contributed by atoms with Crippen LogP contribution in [0.25, 0.3) is 0 Å². The van der Waals surface area contributed by atoms with Crippen LogP contribution in [0.2, 0.25) is 0 Å². The molecule has 31 heavy (non-hydrogen) atoms. The van der Waals surface area contributed by atoms with Crippen molar-refractivity contribution in [3.63, 3.8) is 0 Å². The van der Waals surface area contributed by atoms with Crippen molar-refractivity contribution in [1.29, 1.82) is 5.26 Å². The zero-order valence-corrected chi connectivity index (χ0v) is 19.0. The molecule has 0 aromatic heterocycles. The van der Waals surface area contributed by atoms with E-state index in [1.165, 1.54) is 4.31 Å². The number of rotatable bonds is 13. The topological polar surface area (TPSA) is 79.6 Å². The zero-order valence-electron chi connectivity index (χ0n) is 18.2. The molecule has 0 radical (unpaired) electrons. The van der Waals surface area contributed by atoms with Gasteiger partial charge in [0.2, 0.25) is 10.0 Å². The normalized spacial score (nSPS) is 12.2. The Morgan fingerprint density at radius 1 is 0.968 bits per heavy atom. The number of hydrogen-bond donors (Lipinski definition) is 0. The lowest BCUT2D eigenvalue weighted by Crippen LogP contribution is -2.38. The Balaban J connectivity index is 2.36. The first kappa shape index (κ1) is 24.4. The molecule has 0 spiro atoms. The fraction of sp³-hybridized carbons (Fsp3) is 0.375. The number of allylic oxidation sites excluding steroid dienone is 1. The van der Waals surface area contributed by atoms with Crippen LogP contribution in [0.4, 0.5) is 0 Å². The zero-order chi connectivity index (χ0) is 22.7. The highest BCUT2D eigenvalue weighted by Crippen LogP contribution is 2.25. The van der Waals surface area contributed by atoms with Gasteiger partial charge in [0.25, 0.3) is 0 Å². The summed E-state index contributed by atoms with van der Waals surface area (Å²) in [5.41, 5.74) is 1.72. The second-order valence-electron chi connectivity index (χ2n) is 7.19. The van der Waals surface area contributed by atoms with Crippen LogP contribution in [0, 0.1) is 11.3 Å². The van der Waals surface area contributed by atoms with Gasteiger partial charge in [0, 0.05) is 19.5 Å². The SMILES string of the molecule is C=CCCC(CCC#N)S(=O)(=O)N(Cc1ccc(OC)cc1)Cc1ccc(OC)cc1. The van der Waals surface area contributed by atoms with Crippen LogP contribution in [-0.4, -0.2) is 32.2 Å². The number of nitriles is 1. The molecule has 0 saturated heterocycles. The van der Waals surface area contributed by atoms with Crippen LogP contribution in [0.3, 0.4) is 0 Å². The Hall–Kier alpha value is -2.82. The Labute approximate surface area is 185 Å². The molecule has 0 saturated carbocycles. The highest BCUT2D eigenvalue weighted by molar-refractivity contribution is 7.89. The second kappa shape index (κ2) is 12.1.